The van der Waals surface area contributed by atoms with Gasteiger partial charge < -0.3 is 26.2 Å². The zero-order chi connectivity index (χ0) is 27.9. The van der Waals surface area contributed by atoms with Gasteiger partial charge in [-0.05, 0) is 64.0 Å². The molecule has 0 radical (unpaired) electrons. The average Bonchev–Trinajstić information content (AvgIpc) is 3.59. The molecule has 4 rings (SSSR count). The molecule has 3 atom stereocenters. The predicted molar refractivity (Wildman–Crippen MR) is 153 cm³/mol. The van der Waals surface area contributed by atoms with E-state index >= 15 is 0 Å². The molecule has 1 saturated heterocycles. The highest BCUT2D eigenvalue weighted by Gasteiger charge is 2.41. The third-order valence-electron chi connectivity index (χ3n) is 7.81. The number of amides is 4. The van der Waals surface area contributed by atoms with Gasteiger partial charge in [0, 0.05) is 13.5 Å². The Morgan fingerprint density at radius 3 is 2.51 bits per heavy atom. The maximum atomic E-state index is 13.9. The summed E-state index contributed by atoms with van der Waals surface area (Å²) in [6.45, 7) is 3.66. The zero-order valence-corrected chi connectivity index (χ0v) is 23.9. The second kappa shape index (κ2) is 13.3. The Kier molecular flexibility index (Phi) is 9.90. The van der Waals surface area contributed by atoms with Crippen molar-refractivity contribution in [3.63, 3.8) is 0 Å². The fourth-order valence-electron chi connectivity index (χ4n) is 5.56. The molecule has 11 heteroatoms. The fourth-order valence-corrected chi connectivity index (χ4v) is 6.51. The van der Waals surface area contributed by atoms with Crippen LogP contribution in [0.3, 0.4) is 0 Å². The number of allylic oxidation sites excluding steroid dienone is 4. The molecule has 2 heterocycles. The Labute approximate surface area is 234 Å². The number of hydrogen-bond donors (Lipinski definition) is 4. The molecule has 0 bridgehead atoms. The summed E-state index contributed by atoms with van der Waals surface area (Å²) in [5.74, 6) is -0.842. The van der Waals surface area contributed by atoms with Gasteiger partial charge in [-0.15, -0.1) is 0 Å². The molecule has 1 aromatic rings. The number of carbonyl (C=O) groups is 4. The largest absolute Gasteiger partial charge is 0.343 e. The summed E-state index contributed by atoms with van der Waals surface area (Å²) in [5, 5.41) is 12.7. The molecule has 2 fully saturated rings. The number of hydrogen-bond acceptors (Lipinski definition) is 7. The first-order valence-corrected chi connectivity index (χ1v) is 14.8. The van der Waals surface area contributed by atoms with Crippen LogP contribution in [0, 0.1) is 5.92 Å². The number of thiazole rings is 1. The van der Waals surface area contributed by atoms with Crippen molar-refractivity contribution < 1.29 is 19.2 Å². The monoisotopic (exact) mass is 556 g/mol. The van der Waals surface area contributed by atoms with E-state index in [4.69, 9.17) is 0 Å². The van der Waals surface area contributed by atoms with E-state index in [-0.39, 0.29) is 29.5 Å². The second-order valence-corrected chi connectivity index (χ2v) is 11.6. The van der Waals surface area contributed by atoms with Gasteiger partial charge in [0.1, 0.15) is 22.8 Å². The van der Waals surface area contributed by atoms with E-state index in [1.165, 1.54) is 18.3 Å². The van der Waals surface area contributed by atoms with E-state index in [1.807, 2.05) is 12.2 Å². The molecular formula is C28H40N6O4S. The van der Waals surface area contributed by atoms with Crippen molar-refractivity contribution in [2.24, 2.45) is 5.92 Å². The molecule has 4 N–H and O–H groups in total. The number of aromatic nitrogens is 1. The first-order chi connectivity index (χ1) is 18.8. The van der Waals surface area contributed by atoms with Crippen LogP contribution >= 0.6 is 11.3 Å². The molecule has 2 aliphatic carbocycles. The molecule has 10 nitrogen and oxygen atoms in total. The second-order valence-electron chi connectivity index (χ2n) is 10.6. The first kappa shape index (κ1) is 28.9. The summed E-state index contributed by atoms with van der Waals surface area (Å²) in [5.41, 5.74) is 1.63. The standard InChI is InChI=1S/C28H40N6O4S/c1-17(29-3)24(36)31-23(20-13-8-5-9-14-20)27(38)34-16-10-15-21(34)25(37)33-26-22(19-11-6-4-7-12-19)32-28(39-26)30-18(2)35/h4,6,11,17,20-21,23,29H,5,7-10,12-16H2,1-3H3,(H,31,36)(H,33,37)(H,30,32,35)/t17-,21-,23-/m0/s1. The molecule has 3 aliphatic rings. The molecule has 0 spiro atoms. The van der Waals surface area contributed by atoms with Gasteiger partial charge in [0.25, 0.3) is 0 Å². The maximum absolute atomic E-state index is 13.9. The van der Waals surface area contributed by atoms with E-state index in [0.29, 0.717) is 35.2 Å². The zero-order valence-electron chi connectivity index (χ0n) is 23.0. The van der Waals surface area contributed by atoms with Crippen LogP contribution in [0.25, 0.3) is 5.57 Å². The minimum absolute atomic E-state index is 0.0585. The Morgan fingerprint density at radius 1 is 1.08 bits per heavy atom. The van der Waals surface area contributed by atoms with Crippen LogP contribution < -0.4 is 21.3 Å². The molecule has 39 heavy (non-hydrogen) atoms. The molecule has 1 aliphatic heterocycles. The van der Waals surface area contributed by atoms with Crippen LogP contribution in [0.5, 0.6) is 0 Å². The lowest BCUT2D eigenvalue weighted by molar-refractivity contribution is -0.142. The molecule has 1 saturated carbocycles. The van der Waals surface area contributed by atoms with Crippen LogP contribution in [0.1, 0.15) is 77.3 Å². The number of likely N-dealkylation sites (tertiary alicyclic amines) is 1. The summed E-state index contributed by atoms with van der Waals surface area (Å²) in [7, 11) is 1.72. The van der Waals surface area contributed by atoms with E-state index in [9.17, 15) is 19.2 Å². The van der Waals surface area contributed by atoms with Crippen LogP contribution in [0.4, 0.5) is 10.1 Å². The number of nitrogens with one attached hydrogen (secondary N) is 4. The Balaban J connectivity index is 1.54. The molecule has 4 amide bonds. The number of anilines is 2. The van der Waals surface area contributed by atoms with Gasteiger partial charge in [-0.1, -0.05) is 48.8 Å². The Hall–Kier alpha value is -3.05. The van der Waals surface area contributed by atoms with Crippen molar-refractivity contribution >= 4 is 50.7 Å². The van der Waals surface area contributed by atoms with Crippen molar-refractivity contribution in [2.75, 3.05) is 24.2 Å². The van der Waals surface area contributed by atoms with Gasteiger partial charge in [0.05, 0.1) is 6.04 Å². The normalized spacial score (nSPS) is 21.2. The average molecular weight is 557 g/mol. The van der Waals surface area contributed by atoms with Crippen LogP contribution in [-0.4, -0.2) is 65.2 Å². The smallest absolute Gasteiger partial charge is 0.247 e. The highest BCUT2D eigenvalue weighted by Crippen LogP contribution is 2.37. The minimum atomic E-state index is -0.647. The lowest BCUT2D eigenvalue weighted by Crippen LogP contribution is -2.57. The van der Waals surface area contributed by atoms with Gasteiger partial charge >= 0.3 is 0 Å². The van der Waals surface area contributed by atoms with Crippen molar-refractivity contribution in [2.45, 2.75) is 89.8 Å². The molecule has 1 aromatic heterocycles. The quantitative estimate of drug-likeness (QED) is 0.368. The minimum Gasteiger partial charge on any atom is -0.343 e. The molecule has 0 unspecified atom stereocenters. The topological polar surface area (TPSA) is 133 Å². The fraction of sp³-hybridized carbons (Fsp3) is 0.607. The van der Waals surface area contributed by atoms with Crippen LogP contribution in [0.15, 0.2) is 18.2 Å². The lowest BCUT2D eigenvalue weighted by Gasteiger charge is -2.35. The van der Waals surface area contributed by atoms with Crippen molar-refractivity contribution in [1.29, 1.82) is 0 Å². The van der Waals surface area contributed by atoms with E-state index in [2.05, 4.69) is 32.3 Å². The van der Waals surface area contributed by atoms with Crippen LogP contribution in [-0.2, 0) is 19.2 Å². The van der Waals surface area contributed by atoms with Crippen molar-refractivity contribution in [3.05, 3.63) is 23.9 Å². The molecule has 212 valence electrons. The van der Waals surface area contributed by atoms with E-state index in [0.717, 1.165) is 50.5 Å². The van der Waals surface area contributed by atoms with Gasteiger partial charge in [0.15, 0.2) is 5.13 Å². The van der Waals surface area contributed by atoms with Crippen molar-refractivity contribution in [1.82, 2.24) is 20.5 Å². The van der Waals surface area contributed by atoms with E-state index in [1.54, 1.807) is 18.9 Å². The SMILES string of the molecule is CN[C@@H](C)C(=O)N[C@H](C(=O)N1CCC[C@H]1C(=O)Nc1sc(NC(C)=O)nc1C1=CC=CCC1)C1CCCCC1. The van der Waals surface area contributed by atoms with Crippen molar-refractivity contribution in [3.8, 4) is 0 Å². The Bertz CT molecular complexity index is 1140. The number of likely N-dealkylation sites (N-methyl/N-ethyl adjacent to an activating group) is 1. The summed E-state index contributed by atoms with van der Waals surface area (Å²) >= 11 is 1.21. The third-order valence-corrected chi connectivity index (χ3v) is 8.70. The lowest BCUT2D eigenvalue weighted by atomic mass is 9.83. The summed E-state index contributed by atoms with van der Waals surface area (Å²) in [6.07, 6.45) is 13.9. The maximum Gasteiger partial charge on any atom is 0.247 e. The van der Waals surface area contributed by atoms with Gasteiger partial charge in [-0.3, -0.25) is 19.2 Å². The van der Waals surface area contributed by atoms with Gasteiger partial charge in [-0.25, -0.2) is 4.98 Å². The van der Waals surface area contributed by atoms with Gasteiger partial charge in [-0.2, -0.15) is 0 Å². The Morgan fingerprint density at radius 2 is 1.85 bits per heavy atom. The number of carbonyl (C=O) groups excluding carboxylic acids is 4. The summed E-state index contributed by atoms with van der Waals surface area (Å²) < 4.78 is 0. The predicted octanol–water partition coefficient (Wildman–Crippen LogP) is 3.44. The van der Waals surface area contributed by atoms with E-state index < -0.39 is 18.1 Å². The first-order valence-electron chi connectivity index (χ1n) is 14.0. The molecule has 0 aromatic carbocycles. The number of nitrogens with zero attached hydrogens (tertiary/aromatic N) is 2. The highest BCUT2D eigenvalue weighted by molar-refractivity contribution is 7.20. The molecular weight excluding hydrogens is 516 g/mol. The summed E-state index contributed by atoms with van der Waals surface area (Å²) in [6, 6.07) is -1.71. The van der Waals surface area contributed by atoms with Gasteiger partial charge in [0.2, 0.25) is 23.6 Å². The van der Waals surface area contributed by atoms with Crippen LogP contribution in [0.2, 0.25) is 0 Å². The highest BCUT2D eigenvalue weighted by atomic mass is 32.1. The number of rotatable bonds is 9. The summed E-state index contributed by atoms with van der Waals surface area (Å²) in [4.78, 5) is 58.3. The third kappa shape index (κ3) is 7.13.